The third-order valence-corrected chi connectivity index (χ3v) is 6.40. The molecule has 134 valence electrons. The fraction of sp³-hybridized carbons (Fsp3) is 0.389. The third kappa shape index (κ3) is 3.62. The van der Waals surface area contributed by atoms with E-state index in [0.29, 0.717) is 48.8 Å². The van der Waals surface area contributed by atoms with Crippen molar-refractivity contribution in [2.75, 3.05) is 26.2 Å². The van der Waals surface area contributed by atoms with Gasteiger partial charge in [-0.3, -0.25) is 4.79 Å². The van der Waals surface area contributed by atoms with Crippen molar-refractivity contribution in [3.63, 3.8) is 0 Å². The summed E-state index contributed by atoms with van der Waals surface area (Å²) in [5.74, 6) is 0.471. The zero-order chi connectivity index (χ0) is 18.0. The molecule has 0 bridgehead atoms. The van der Waals surface area contributed by atoms with Crippen LogP contribution in [0.15, 0.2) is 45.9 Å². The number of nitrogens with zero attached hydrogens (tertiary/aromatic N) is 2. The minimum atomic E-state index is -3.54. The Labute approximate surface area is 148 Å². The number of aryl methyl sites for hydroxylation is 2. The van der Waals surface area contributed by atoms with Crippen molar-refractivity contribution < 1.29 is 17.6 Å². The Balaban J connectivity index is 1.74. The zero-order valence-corrected chi connectivity index (χ0v) is 15.3. The van der Waals surface area contributed by atoms with Gasteiger partial charge in [0.25, 0.3) is 5.91 Å². The quantitative estimate of drug-likeness (QED) is 0.841. The molecular weight excluding hydrogens is 340 g/mol. The van der Waals surface area contributed by atoms with Crippen LogP contribution < -0.4 is 0 Å². The summed E-state index contributed by atoms with van der Waals surface area (Å²) in [5, 5.41) is 0. The molecule has 0 radical (unpaired) electrons. The van der Waals surface area contributed by atoms with Gasteiger partial charge in [-0.05, 0) is 38.5 Å². The fourth-order valence-corrected chi connectivity index (χ4v) is 4.44. The van der Waals surface area contributed by atoms with Crippen molar-refractivity contribution in [1.29, 1.82) is 0 Å². The van der Waals surface area contributed by atoms with E-state index >= 15 is 0 Å². The first-order valence-electron chi connectivity index (χ1n) is 8.30. The standard InChI is InChI=1S/C18H22N2O4S/c1-14-4-6-16(7-5-14)25(22,23)20-10-3-9-19(11-12-20)18(21)17-8-13-24-15(17)2/h4-8,13H,3,9-12H2,1-2H3. The Hall–Kier alpha value is -2.12. The second kappa shape index (κ2) is 7.01. The first kappa shape index (κ1) is 17.7. The topological polar surface area (TPSA) is 70.8 Å². The lowest BCUT2D eigenvalue weighted by molar-refractivity contribution is 0.0762. The Kier molecular flexibility index (Phi) is 4.96. The summed E-state index contributed by atoms with van der Waals surface area (Å²) in [6.45, 7) is 5.27. The van der Waals surface area contributed by atoms with Gasteiger partial charge in [0.15, 0.2) is 0 Å². The van der Waals surface area contributed by atoms with Gasteiger partial charge < -0.3 is 9.32 Å². The van der Waals surface area contributed by atoms with Gasteiger partial charge in [0.05, 0.1) is 16.7 Å². The van der Waals surface area contributed by atoms with Crippen molar-refractivity contribution in [1.82, 2.24) is 9.21 Å². The normalized spacial score (nSPS) is 16.6. The maximum Gasteiger partial charge on any atom is 0.257 e. The summed E-state index contributed by atoms with van der Waals surface area (Å²) in [7, 11) is -3.54. The highest BCUT2D eigenvalue weighted by Crippen LogP contribution is 2.20. The van der Waals surface area contributed by atoms with Crippen LogP contribution in [0.2, 0.25) is 0 Å². The summed E-state index contributed by atoms with van der Waals surface area (Å²) in [4.78, 5) is 14.6. The molecule has 1 aromatic heterocycles. The van der Waals surface area contributed by atoms with Crippen LogP contribution in [0.4, 0.5) is 0 Å². The van der Waals surface area contributed by atoms with Crippen LogP contribution in [0.3, 0.4) is 0 Å². The highest BCUT2D eigenvalue weighted by Gasteiger charge is 2.29. The molecule has 2 heterocycles. The van der Waals surface area contributed by atoms with Gasteiger partial charge in [0.2, 0.25) is 10.0 Å². The van der Waals surface area contributed by atoms with Gasteiger partial charge >= 0.3 is 0 Å². The van der Waals surface area contributed by atoms with E-state index in [4.69, 9.17) is 4.42 Å². The molecule has 1 aliphatic heterocycles. The number of benzene rings is 1. The number of sulfonamides is 1. The predicted molar refractivity (Wildman–Crippen MR) is 93.9 cm³/mol. The molecule has 7 heteroatoms. The Morgan fingerprint density at radius 1 is 1.00 bits per heavy atom. The summed E-state index contributed by atoms with van der Waals surface area (Å²) in [6, 6.07) is 8.51. The number of amides is 1. The molecule has 0 saturated carbocycles. The van der Waals surface area contributed by atoms with E-state index in [1.807, 2.05) is 6.92 Å². The van der Waals surface area contributed by atoms with E-state index in [2.05, 4.69) is 0 Å². The Morgan fingerprint density at radius 3 is 2.36 bits per heavy atom. The van der Waals surface area contributed by atoms with E-state index in [0.717, 1.165) is 5.56 Å². The molecule has 0 unspecified atom stereocenters. The molecule has 2 aromatic rings. The van der Waals surface area contributed by atoms with Gasteiger partial charge in [0.1, 0.15) is 5.76 Å². The third-order valence-electron chi connectivity index (χ3n) is 4.49. The molecule has 1 saturated heterocycles. The summed E-state index contributed by atoms with van der Waals surface area (Å²) in [5.41, 5.74) is 1.55. The van der Waals surface area contributed by atoms with E-state index < -0.39 is 10.0 Å². The first-order valence-corrected chi connectivity index (χ1v) is 9.74. The van der Waals surface area contributed by atoms with E-state index in [-0.39, 0.29) is 5.91 Å². The zero-order valence-electron chi connectivity index (χ0n) is 14.4. The number of hydrogen-bond acceptors (Lipinski definition) is 4. The van der Waals surface area contributed by atoms with Crippen LogP contribution in [0.5, 0.6) is 0 Å². The molecule has 3 rings (SSSR count). The number of carbonyl (C=O) groups is 1. The highest BCUT2D eigenvalue weighted by molar-refractivity contribution is 7.89. The lowest BCUT2D eigenvalue weighted by Gasteiger charge is -2.22. The minimum Gasteiger partial charge on any atom is -0.469 e. The molecule has 1 aliphatic rings. The van der Waals surface area contributed by atoms with E-state index in [9.17, 15) is 13.2 Å². The summed E-state index contributed by atoms with van der Waals surface area (Å²) < 4.78 is 32.3. The van der Waals surface area contributed by atoms with Crippen LogP contribution in [0.1, 0.15) is 28.1 Å². The smallest absolute Gasteiger partial charge is 0.257 e. The van der Waals surface area contributed by atoms with Crippen LogP contribution in [-0.4, -0.2) is 49.7 Å². The van der Waals surface area contributed by atoms with Gasteiger partial charge in [-0.25, -0.2) is 8.42 Å². The van der Waals surface area contributed by atoms with Gasteiger partial charge in [-0.15, -0.1) is 0 Å². The van der Waals surface area contributed by atoms with Crippen molar-refractivity contribution in [3.8, 4) is 0 Å². The molecule has 6 nitrogen and oxygen atoms in total. The molecule has 0 spiro atoms. The van der Waals surface area contributed by atoms with Crippen molar-refractivity contribution in [3.05, 3.63) is 53.5 Å². The monoisotopic (exact) mass is 362 g/mol. The number of furan rings is 1. The molecule has 0 aliphatic carbocycles. The SMILES string of the molecule is Cc1ccc(S(=O)(=O)N2CCCN(C(=O)c3ccoc3C)CC2)cc1. The second-order valence-corrected chi connectivity index (χ2v) is 8.19. The lowest BCUT2D eigenvalue weighted by Crippen LogP contribution is -2.37. The fourth-order valence-electron chi connectivity index (χ4n) is 2.97. The molecule has 0 atom stereocenters. The minimum absolute atomic E-state index is 0.110. The van der Waals surface area contributed by atoms with Crippen LogP contribution in [0, 0.1) is 13.8 Å². The van der Waals surface area contributed by atoms with Gasteiger partial charge in [-0.2, -0.15) is 4.31 Å². The Morgan fingerprint density at radius 2 is 1.72 bits per heavy atom. The molecule has 1 aromatic carbocycles. The van der Waals surface area contributed by atoms with Crippen LogP contribution in [-0.2, 0) is 10.0 Å². The van der Waals surface area contributed by atoms with E-state index in [1.165, 1.54) is 10.6 Å². The number of hydrogen-bond donors (Lipinski definition) is 0. The van der Waals surface area contributed by atoms with Crippen LogP contribution >= 0.6 is 0 Å². The molecule has 0 N–H and O–H groups in total. The number of rotatable bonds is 3. The van der Waals surface area contributed by atoms with Crippen molar-refractivity contribution >= 4 is 15.9 Å². The van der Waals surface area contributed by atoms with Gasteiger partial charge in [-0.1, -0.05) is 17.7 Å². The molecule has 1 amide bonds. The van der Waals surface area contributed by atoms with Crippen molar-refractivity contribution in [2.24, 2.45) is 0 Å². The molecular formula is C18H22N2O4S. The van der Waals surface area contributed by atoms with Gasteiger partial charge in [0, 0.05) is 26.2 Å². The largest absolute Gasteiger partial charge is 0.469 e. The first-order chi connectivity index (χ1) is 11.9. The molecule has 1 fully saturated rings. The second-order valence-electron chi connectivity index (χ2n) is 6.25. The average Bonchev–Trinajstić information content (AvgIpc) is 2.86. The lowest BCUT2D eigenvalue weighted by atomic mass is 10.2. The maximum absolute atomic E-state index is 12.8. The maximum atomic E-state index is 12.8. The summed E-state index contributed by atoms with van der Waals surface area (Å²) >= 11 is 0. The van der Waals surface area contributed by atoms with E-state index in [1.54, 1.807) is 42.2 Å². The highest BCUT2D eigenvalue weighted by atomic mass is 32.2. The summed E-state index contributed by atoms with van der Waals surface area (Å²) in [6.07, 6.45) is 2.10. The van der Waals surface area contributed by atoms with Crippen LogP contribution in [0.25, 0.3) is 0 Å². The predicted octanol–water partition coefficient (Wildman–Crippen LogP) is 2.43. The Bertz CT molecular complexity index is 855. The van der Waals surface area contributed by atoms with Crippen molar-refractivity contribution in [2.45, 2.75) is 25.2 Å². The average molecular weight is 362 g/mol. The molecule has 25 heavy (non-hydrogen) atoms. The number of carbonyl (C=O) groups excluding carboxylic acids is 1.